The lowest BCUT2D eigenvalue weighted by Gasteiger charge is -2.01. The Bertz CT molecular complexity index is 283. The van der Waals surface area contributed by atoms with E-state index < -0.39 is 0 Å². The average molecular weight is 192 g/mol. The molecule has 0 fully saturated rings. The zero-order chi connectivity index (χ0) is 10.2. The maximum absolute atomic E-state index is 8.62. The van der Waals surface area contributed by atoms with Crippen LogP contribution in [0, 0.1) is 0 Å². The summed E-state index contributed by atoms with van der Waals surface area (Å²) in [5.74, 6) is 0. The molecule has 0 aliphatic heterocycles. The lowest BCUT2D eigenvalue weighted by Crippen LogP contribution is -1.98. The van der Waals surface area contributed by atoms with E-state index in [2.05, 4.69) is 10.5 Å². The summed E-state index contributed by atoms with van der Waals surface area (Å²) in [6.45, 7) is 2.17. The van der Waals surface area contributed by atoms with Crippen molar-refractivity contribution in [2.75, 3.05) is 12.0 Å². The molecule has 0 radical (unpaired) electrons. The molecule has 1 aromatic carbocycles. The van der Waals surface area contributed by atoms with Crippen molar-refractivity contribution in [3.8, 4) is 0 Å². The highest BCUT2D eigenvalue weighted by Gasteiger charge is 1.91. The number of rotatable bonds is 5. The number of hydrogen-bond acceptors (Lipinski definition) is 3. The summed E-state index contributed by atoms with van der Waals surface area (Å²) < 4.78 is 0. The number of benzene rings is 1. The van der Waals surface area contributed by atoms with Crippen LogP contribution in [0.25, 0.3) is 0 Å². The molecule has 0 spiro atoms. The number of nitrogens with one attached hydrogen (secondary N) is 1. The average Bonchev–Trinajstić information content (AvgIpc) is 2.25. The van der Waals surface area contributed by atoms with Gasteiger partial charge in [0.25, 0.3) is 0 Å². The number of para-hydroxylation sites is 1. The number of nitrogens with zero attached hydrogens (tertiary/aromatic N) is 1. The molecule has 3 heteroatoms. The van der Waals surface area contributed by atoms with Crippen LogP contribution in [0.15, 0.2) is 35.4 Å². The Morgan fingerprint density at radius 3 is 2.71 bits per heavy atom. The van der Waals surface area contributed by atoms with Gasteiger partial charge in [-0.05, 0) is 31.9 Å². The Kier molecular flexibility index (Phi) is 4.72. The molecular weight excluding hydrogens is 176 g/mol. The van der Waals surface area contributed by atoms with Gasteiger partial charge in [0.05, 0.1) is 5.69 Å². The minimum Gasteiger partial charge on any atom is -0.396 e. The summed E-state index contributed by atoms with van der Waals surface area (Å²) >= 11 is 0. The molecule has 0 atom stereocenters. The van der Waals surface area contributed by atoms with Gasteiger partial charge in [-0.1, -0.05) is 18.2 Å². The second-order valence-corrected chi connectivity index (χ2v) is 3.15. The first-order valence-corrected chi connectivity index (χ1v) is 4.78. The normalized spacial score (nSPS) is 11.4. The van der Waals surface area contributed by atoms with Crippen molar-refractivity contribution in [2.45, 2.75) is 19.8 Å². The monoisotopic (exact) mass is 192 g/mol. The van der Waals surface area contributed by atoms with Gasteiger partial charge in [0.15, 0.2) is 0 Å². The quantitative estimate of drug-likeness (QED) is 0.555. The molecule has 0 bridgehead atoms. The highest BCUT2D eigenvalue weighted by Crippen LogP contribution is 2.05. The Labute approximate surface area is 84.5 Å². The number of anilines is 1. The van der Waals surface area contributed by atoms with Crippen LogP contribution in [0.4, 0.5) is 5.69 Å². The van der Waals surface area contributed by atoms with E-state index in [0.29, 0.717) is 0 Å². The van der Waals surface area contributed by atoms with Crippen molar-refractivity contribution >= 4 is 11.4 Å². The molecular formula is C11H16N2O. The molecule has 0 aromatic heterocycles. The third-order valence-corrected chi connectivity index (χ3v) is 1.85. The minimum absolute atomic E-state index is 0.220. The van der Waals surface area contributed by atoms with E-state index >= 15 is 0 Å². The molecule has 0 aliphatic carbocycles. The molecule has 2 N–H and O–H groups in total. The fourth-order valence-corrected chi connectivity index (χ4v) is 1.06. The lowest BCUT2D eigenvalue weighted by atomic mass is 10.2. The van der Waals surface area contributed by atoms with Crippen molar-refractivity contribution in [1.29, 1.82) is 0 Å². The van der Waals surface area contributed by atoms with Gasteiger partial charge >= 0.3 is 0 Å². The van der Waals surface area contributed by atoms with Gasteiger partial charge in [-0.25, -0.2) is 0 Å². The molecule has 0 unspecified atom stereocenters. The Morgan fingerprint density at radius 2 is 2.07 bits per heavy atom. The predicted molar refractivity (Wildman–Crippen MR) is 59.5 cm³/mol. The van der Waals surface area contributed by atoms with Gasteiger partial charge in [0.1, 0.15) is 0 Å². The van der Waals surface area contributed by atoms with Crippen LogP contribution in [0.2, 0.25) is 0 Å². The largest absolute Gasteiger partial charge is 0.396 e. The van der Waals surface area contributed by atoms with E-state index in [1.807, 2.05) is 37.3 Å². The topological polar surface area (TPSA) is 44.6 Å². The van der Waals surface area contributed by atoms with Crippen LogP contribution in [0.3, 0.4) is 0 Å². The number of hydrogen-bond donors (Lipinski definition) is 2. The van der Waals surface area contributed by atoms with Gasteiger partial charge in [-0.15, -0.1) is 0 Å². The highest BCUT2D eigenvalue weighted by molar-refractivity contribution is 5.82. The maximum Gasteiger partial charge on any atom is 0.0561 e. The van der Waals surface area contributed by atoms with Crippen molar-refractivity contribution < 1.29 is 5.11 Å². The first-order chi connectivity index (χ1) is 6.83. The second-order valence-electron chi connectivity index (χ2n) is 3.15. The third kappa shape index (κ3) is 4.05. The molecule has 0 saturated carbocycles. The van der Waals surface area contributed by atoms with Crippen molar-refractivity contribution in [3.05, 3.63) is 30.3 Å². The minimum atomic E-state index is 0.220. The summed E-state index contributed by atoms with van der Waals surface area (Å²) in [4.78, 5) is 0. The van der Waals surface area contributed by atoms with E-state index in [-0.39, 0.29) is 6.61 Å². The summed E-state index contributed by atoms with van der Waals surface area (Å²) in [5.41, 5.74) is 4.94. The Balaban J connectivity index is 2.39. The molecule has 0 amide bonds. The molecule has 0 saturated heterocycles. The fourth-order valence-electron chi connectivity index (χ4n) is 1.06. The summed E-state index contributed by atoms with van der Waals surface area (Å²) in [5, 5.41) is 12.8. The van der Waals surface area contributed by atoms with Crippen LogP contribution in [-0.2, 0) is 0 Å². The van der Waals surface area contributed by atoms with Crippen LogP contribution in [0.5, 0.6) is 0 Å². The fraction of sp³-hybridized carbons (Fsp3) is 0.364. The molecule has 0 aliphatic rings. The van der Waals surface area contributed by atoms with Crippen molar-refractivity contribution in [3.63, 3.8) is 0 Å². The summed E-state index contributed by atoms with van der Waals surface area (Å²) in [7, 11) is 0. The second kappa shape index (κ2) is 6.16. The number of aliphatic hydroxyl groups excluding tert-OH is 1. The molecule has 0 heterocycles. The van der Waals surface area contributed by atoms with Gasteiger partial charge in [0.2, 0.25) is 0 Å². The lowest BCUT2D eigenvalue weighted by molar-refractivity contribution is 0.291. The molecule has 76 valence electrons. The van der Waals surface area contributed by atoms with Crippen LogP contribution in [0.1, 0.15) is 19.8 Å². The first kappa shape index (κ1) is 10.7. The van der Waals surface area contributed by atoms with Crippen molar-refractivity contribution in [1.82, 2.24) is 0 Å². The SMILES string of the molecule is CC(CCCO)=NNc1ccccc1. The maximum atomic E-state index is 8.62. The van der Waals surface area contributed by atoms with Gasteiger partial charge < -0.3 is 5.11 Å². The van der Waals surface area contributed by atoms with Gasteiger partial charge in [0, 0.05) is 12.3 Å². The zero-order valence-corrected chi connectivity index (χ0v) is 8.40. The molecule has 14 heavy (non-hydrogen) atoms. The van der Waals surface area contributed by atoms with Gasteiger partial charge in [-0.2, -0.15) is 5.10 Å². The van der Waals surface area contributed by atoms with Crippen LogP contribution >= 0.6 is 0 Å². The van der Waals surface area contributed by atoms with E-state index in [1.165, 1.54) is 0 Å². The Morgan fingerprint density at radius 1 is 1.36 bits per heavy atom. The number of hydrazone groups is 1. The Hall–Kier alpha value is -1.35. The molecule has 1 aromatic rings. The van der Waals surface area contributed by atoms with E-state index in [0.717, 1.165) is 24.2 Å². The third-order valence-electron chi connectivity index (χ3n) is 1.85. The number of aliphatic hydroxyl groups is 1. The smallest absolute Gasteiger partial charge is 0.0561 e. The molecule has 1 rings (SSSR count). The molecule has 3 nitrogen and oxygen atoms in total. The van der Waals surface area contributed by atoms with E-state index in [9.17, 15) is 0 Å². The van der Waals surface area contributed by atoms with Gasteiger partial charge in [-0.3, -0.25) is 5.43 Å². The highest BCUT2D eigenvalue weighted by atomic mass is 16.2. The van der Waals surface area contributed by atoms with E-state index in [4.69, 9.17) is 5.11 Å². The summed E-state index contributed by atoms with van der Waals surface area (Å²) in [6, 6.07) is 9.81. The standard InChI is InChI=1S/C11H16N2O/c1-10(6-5-9-14)12-13-11-7-3-2-4-8-11/h2-4,7-8,13-14H,5-6,9H2,1H3. The van der Waals surface area contributed by atoms with Crippen LogP contribution in [-0.4, -0.2) is 17.4 Å². The zero-order valence-electron chi connectivity index (χ0n) is 8.40. The first-order valence-electron chi connectivity index (χ1n) is 4.78. The van der Waals surface area contributed by atoms with E-state index in [1.54, 1.807) is 0 Å². The van der Waals surface area contributed by atoms with Crippen molar-refractivity contribution in [2.24, 2.45) is 5.10 Å². The summed E-state index contributed by atoms with van der Waals surface area (Å²) in [6.07, 6.45) is 1.60. The van der Waals surface area contributed by atoms with Crippen LogP contribution < -0.4 is 5.43 Å². The predicted octanol–water partition coefficient (Wildman–Crippen LogP) is 2.25.